The van der Waals surface area contributed by atoms with Gasteiger partial charge in [-0.15, -0.1) is 6.58 Å². The molecule has 4 rings (SSSR count). The van der Waals surface area contributed by atoms with Crippen molar-refractivity contribution in [2.75, 3.05) is 5.73 Å². The highest BCUT2D eigenvalue weighted by atomic mass is 16.1. The van der Waals surface area contributed by atoms with Gasteiger partial charge in [-0.3, -0.25) is 4.79 Å². The summed E-state index contributed by atoms with van der Waals surface area (Å²) in [5.41, 5.74) is 9.43. The minimum absolute atomic E-state index is 0.165. The zero-order chi connectivity index (χ0) is 17.4. The van der Waals surface area contributed by atoms with Gasteiger partial charge < -0.3 is 15.6 Å². The van der Waals surface area contributed by atoms with Gasteiger partial charge in [-0.05, 0) is 25.0 Å². The molecule has 0 unspecified atom stereocenters. The predicted octanol–water partition coefficient (Wildman–Crippen LogP) is 3.03. The van der Waals surface area contributed by atoms with Crippen LogP contribution in [0.25, 0.3) is 22.2 Å². The summed E-state index contributed by atoms with van der Waals surface area (Å²) in [5.74, 6) is 0.225. The minimum Gasteiger partial charge on any atom is -0.384 e. The molecule has 1 aliphatic carbocycles. The van der Waals surface area contributed by atoms with Crippen LogP contribution in [0.1, 0.15) is 36.0 Å². The maximum absolute atomic E-state index is 12.9. The van der Waals surface area contributed by atoms with Gasteiger partial charge in [0.25, 0.3) is 5.91 Å². The third-order valence-corrected chi connectivity index (χ3v) is 4.82. The molecule has 0 atom stereocenters. The molecule has 3 N–H and O–H groups in total. The van der Waals surface area contributed by atoms with Crippen LogP contribution in [0, 0.1) is 0 Å². The van der Waals surface area contributed by atoms with Crippen LogP contribution in [0.3, 0.4) is 0 Å². The summed E-state index contributed by atoms with van der Waals surface area (Å²) >= 11 is 0. The Morgan fingerprint density at radius 2 is 1.96 bits per heavy atom. The van der Waals surface area contributed by atoms with E-state index in [4.69, 9.17) is 5.73 Å². The van der Waals surface area contributed by atoms with E-state index in [1.807, 2.05) is 24.3 Å². The summed E-state index contributed by atoms with van der Waals surface area (Å²) in [7, 11) is 0. The largest absolute Gasteiger partial charge is 0.384 e. The van der Waals surface area contributed by atoms with Crippen molar-refractivity contribution < 1.29 is 4.79 Å². The second kappa shape index (κ2) is 6.20. The number of nitrogens with zero attached hydrogens (tertiary/aromatic N) is 3. The lowest BCUT2D eigenvalue weighted by Gasteiger charge is -2.11. The monoisotopic (exact) mass is 335 g/mol. The van der Waals surface area contributed by atoms with Crippen molar-refractivity contribution in [1.29, 1.82) is 0 Å². The Morgan fingerprint density at radius 3 is 2.64 bits per heavy atom. The number of amides is 1. The van der Waals surface area contributed by atoms with Gasteiger partial charge in [-0.1, -0.05) is 31.1 Å². The fourth-order valence-electron chi connectivity index (χ4n) is 3.58. The van der Waals surface area contributed by atoms with Crippen LogP contribution in [0.15, 0.2) is 36.9 Å². The number of allylic oxidation sites excluding steroid dienone is 1. The number of aromatic nitrogens is 3. The predicted molar refractivity (Wildman–Crippen MR) is 99.4 cm³/mol. The first-order valence-electron chi connectivity index (χ1n) is 8.65. The van der Waals surface area contributed by atoms with Gasteiger partial charge >= 0.3 is 0 Å². The number of fused-ring (bicyclic) bond motifs is 2. The molecule has 0 spiro atoms. The molecule has 2 aromatic heterocycles. The number of rotatable bonds is 4. The molecule has 0 aliphatic heterocycles. The molecule has 0 radical (unpaired) electrons. The maximum Gasteiger partial charge on any atom is 0.257 e. The summed E-state index contributed by atoms with van der Waals surface area (Å²) in [4.78, 5) is 22.3. The summed E-state index contributed by atoms with van der Waals surface area (Å²) < 4.78 is 1.80. The van der Waals surface area contributed by atoms with Crippen molar-refractivity contribution >= 4 is 33.9 Å². The number of nitrogen functional groups attached to an aromatic ring is 1. The molecule has 1 aliphatic rings. The fourth-order valence-corrected chi connectivity index (χ4v) is 3.58. The molecule has 128 valence electrons. The van der Waals surface area contributed by atoms with Gasteiger partial charge in [0, 0.05) is 12.6 Å². The van der Waals surface area contributed by atoms with Gasteiger partial charge in [-0.2, -0.15) is 0 Å². The van der Waals surface area contributed by atoms with Crippen LogP contribution in [-0.2, 0) is 6.54 Å². The molecule has 2 heterocycles. The molecule has 0 bridgehead atoms. The number of para-hydroxylation sites is 2. The molecule has 0 saturated heterocycles. The van der Waals surface area contributed by atoms with E-state index < -0.39 is 0 Å². The Hall–Kier alpha value is -2.89. The molecule has 1 amide bonds. The van der Waals surface area contributed by atoms with Crippen LogP contribution in [0.5, 0.6) is 0 Å². The van der Waals surface area contributed by atoms with Crippen molar-refractivity contribution in [1.82, 2.24) is 19.9 Å². The van der Waals surface area contributed by atoms with Crippen molar-refractivity contribution in [3.63, 3.8) is 0 Å². The highest BCUT2D eigenvalue weighted by Crippen LogP contribution is 2.28. The van der Waals surface area contributed by atoms with E-state index in [1.54, 1.807) is 10.6 Å². The third kappa shape index (κ3) is 2.63. The standard InChI is InChI=1S/C19H21N5O/c1-2-11-24-17(20)15(19(25)21-12-7-3-4-8-12)16-18(24)23-14-10-6-5-9-13(14)22-16/h2,5-6,9-10,12H,1,3-4,7-8,11,20H2,(H,21,25). The SMILES string of the molecule is C=CCn1c(N)c(C(=O)NC2CCCC2)c2nc3ccccc3nc21. The van der Waals surface area contributed by atoms with Gasteiger partial charge in [-0.25, -0.2) is 9.97 Å². The summed E-state index contributed by atoms with van der Waals surface area (Å²) in [6.07, 6.45) is 6.09. The number of hydrogen-bond acceptors (Lipinski definition) is 4. The van der Waals surface area contributed by atoms with Gasteiger partial charge in [0.05, 0.1) is 11.0 Å². The first-order chi connectivity index (χ1) is 12.2. The van der Waals surface area contributed by atoms with E-state index in [0.717, 1.165) is 36.7 Å². The maximum atomic E-state index is 12.9. The molecule has 6 heteroatoms. The summed E-state index contributed by atoms with van der Waals surface area (Å²) in [6.45, 7) is 4.26. The highest BCUT2D eigenvalue weighted by Gasteiger charge is 2.26. The lowest BCUT2D eigenvalue weighted by atomic mass is 10.2. The van der Waals surface area contributed by atoms with Crippen molar-refractivity contribution in [3.8, 4) is 0 Å². The topological polar surface area (TPSA) is 85.8 Å². The summed E-state index contributed by atoms with van der Waals surface area (Å²) in [5, 5.41) is 3.11. The van der Waals surface area contributed by atoms with E-state index >= 15 is 0 Å². The second-order valence-corrected chi connectivity index (χ2v) is 6.50. The number of carbonyl (C=O) groups is 1. The molecule has 1 saturated carbocycles. The molecular formula is C19H21N5O. The molecule has 25 heavy (non-hydrogen) atoms. The molecule has 6 nitrogen and oxygen atoms in total. The first-order valence-corrected chi connectivity index (χ1v) is 8.65. The van der Waals surface area contributed by atoms with Gasteiger partial charge in [0.15, 0.2) is 5.65 Å². The average Bonchev–Trinajstić information content (AvgIpc) is 3.20. The Morgan fingerprint density at radius 1 is 1.28 bits per heavy atom. The van der Waals surface area contributed by atoms with Crippen LogP contribution in [-0.4, -0.2) is 26.5 Å². The number of hydrogen-bond donors (Lipinski definition) is 2. The minimum atomic E-state index is -0.165. The number of anilines is 1. The van der Waals surface area contributed by atoms with E-state index in [-0.39, 0.29) is 11.9 Å². The van der Waals surface area contributed by atoms with Crippen molar-refractivity contribution in [2.45, 2.75) is 38.3 Å². The number of carbonyl (C=O) groups excluding carboxylic acids is 1. The summed E-state index contributed by atoms with van der Waals surface area (Å²) in [6, 6.07) is 7.84. The average molecular weight is 335 g/mol. The number of nitrogens with one attached hydrogen (secondary N) is 1. The van der Waals surface area contributed by atoms with Crippen molar-refractivity contribution in [2.24, 2.45) is 0 Å². The lowest BCUT2D eigenvalue weighted by Crippen LogP contribution is -2.33. The lowest BCUT2D eigenvalue weighted by molar-refractivity contribution is 0.0940. The van der Waals surface area contributed by atoms with Crippen LogP contribution in [0.2, 0.25) is 0 Å². The normalized spacial score (nSPS) is 15.0. The fraction of sp³-hybridized carbons (Fsp3) is 0.316. The quantitative estimate of drug-likeness (QED) is 0.718. The Balaban J connectivity index is 1.89. The smallest absolute Gasteiger partial charge is 0.257 e. The van der Waals surface area contributed by atoms with Crippen molar-refractivity contribution in [3.05, 3.63) is 42.5 Å². The first kappa shape index (κ1) is 15.6. The zero-order valence-electron chi connectivity index (χ0n) is 14.0. The molecule has 1 aromatic carbocycles. The van der Waals surface area contributed by atoms with E-state index in [2.05, 4.69) is 21.9 Å². The Kier molecular flexibility index (Phi) is 3.87. The van der Waals surface area contributed by atoms with Crippen LogP contribution in [0.4, 0.5) is 5.82 Å². The molecule has 1 fully saturated rings. The number of benzene rings is 1. The number of nitrogens with two attached hydrogens (primary N) is 1. The third-order valence-electron chi connectivity index (χ3n) is 4.82. The Bertz CT molecular complexity index is 969. The van der Waals surface area contributed by atoms with E-state index in [9.17, 15) is 4.79 Å². The van der Waals surface area contributed by atoms with E-state index in [0.29, 0.717) is 29.1 Å². The van der Waals surface area contributed by atoms with E-state index in [1.165, 1.54) is 0 Å². The van der Waals surface area contributed by atoms with Crippen LogP contribution < -0.4 is 11.1 Å². The Labute approximate surface area is 145 Å². The highest BCUT2D eigenvalue weighted by molar-refractivity contribution is 6.10. The zero-order valence-corrected chi connectivity index (χ0v) is 14.0. The van der Waals surface area contributed by atoms with Crippen LogP contribution >= 0.6 is 0 Å². The molecule has 3 aromatic rings. The second-order valence-electron chi connectivity index (χ2n) is 6.50. The molecular weight excluding hydrogens is 314 g/mol. The van der Waals surface area contributed by atoms with Gasteiger partial charge in [0.1, 0.15) is 16.9 Å². The van der Waals surface area contributed by atoms with Gasteiger partial charge in [0.2, 0.25) is 0 Å².